The first-order valence-electron chi connectivity index (χ1n) is 7.86. The van der Waals surface area contributed by atoms with Crippen LogP contribution < -0.4 is 5.32 Å². The van der Waals surface area contributed by atoms with Gasteiger partial charge in [0, 0.05) is 32.3 Å². The normalized spacial score (nSPS) is 20.1. The summed E-state index contributed by atoms with van der Waals surface area (Å²) in [5.41, 5.74) is 2.14. The number of para-hydroxylation sites is 2. The van der Waals surface area contributed by atoms with E-state index in [1.807, 2.05) is 29.4 Å². The summed E-state index contributed by atoms with van der Waals surface area (Å²) >= 11 is 0. The number of urea groups is 1. The van der Waals surface area contributed by atoms with Crippen molar-refractivity contribution in [2.45, 2.75) is 24.9 Å². The van der Waals surface area contributed by atoms with E-state index in [9.17, 15) is 4.79 Å². The van der Waals surface area contributed by atoms with E-state index in [-0.39, 0.29) is 12.1 Å². The molecule has 2 aliphatic heterocycles. The van der Waals surface area contributed by atoms with Gasteiger partial charge in [0.1, 0.15) is 0 Å². The molecule has 0 bridgehead atoms. The Morgan fingerprint density at radius 1 is 1.23 bits per heavy atom. The SMILES string of the molecule is O=C(NC1CCOCC1)N1CC(n2cnc3ccccc32)C1. The van der Waals surface area contributed by atoms with Gasteiger partial charge < -0.3 is 19.5 Å². The number of rotatable bonds is 2. The molecule has 2 fully saturated rings. The van der Waals surface area contributed by atoms with Gasteiger partial charge in [0.25, 0.3) is 0 Å². The zero-order chi connectivity index (χ0) is 14.9. The molecule has 1 N–H and O–H groups in total. The second-order valence-corrected chi connectivity index (χ2v) is 6.04. The van der Waals surface area contributed by atoms with Gasteiger partial charge >= 0.3 is 6.03 Å². The molecule has 22 heavy (non-hydrogen) atoms. The van der Waals surface area contributed by atoms with Crippen molar-refractivity contribution in [1.29, 1.82) is 0 Å². The predicted octanol–water partition coefficient (Wildman–Crippen LogP) is 1.78. The predicted molar refractivity (Wildman–Crippen MR) is 82.7 cm³/mol. The lowest BCUT2D eigenvalue weighted by Crippen LogP contribution is -2.56. The van der Waals surface area contributed by atoms with Gasteiger partial charge in [0.15, 0.2) is 0 Å². The summed E-state index contributed by atoms with van der Waals surface area (Å²) < 4.78 is 7.49. The smallest absolute Gasteiger partial charge is 0.317 e. The first-order valence-corrected chi connectivity index (χ1v) is 7.86. The third-order valence-corrected chi connectivity index (χ3v) is 4.57. The Balaban J connectivity index is 1.36. The zero-order valence-corrected chi connectivity index (χ0v) is 12.4. The molecule has 2 saturated heterocycles. The highest BCUT2D eigenvalue weighted by Gasteiger charge is 2.33. The van der Waals surface area contributed by atoms with Gasteiger partial charge in [-0.15, -0.1) is 0 Å². The molecule has 0 aliphatic carbocycles. The van der Waals surface area contributed by atoms with Crippen LogP contribution in [-0.4, -0.2) is 52.8 Å². The number of nitrogens with one attached hydrogen (secondary N) is 1. The van der Waals surface area contributed by atoms with E-state index >= 15 is 0 Å². The Bertz CT molecular complexity index is 672. The van der Waals surface area contributed by atoms with Crippen LogP contribution in [0.2, 0.25) is 0 Å². The third-order valence-electron chi connectivity index (χ3n) is 4.57. The first-order chi connectivity index (χ1) is 10.8. The van der Waals surface area contributed by atoms with E-state index in [1.165, 1.54) is 0 Å². The number of likely N-dealkylation sites (tertiary alicyclic amines) is 1. The molecule has 1 aromatic heterocycles. The average molecular weight is 300 g/mol. The molecule has 3 heterocycles. The van der Waals surface area contributed by atoms with Crippen molar-refractivity contribution in [2.24, 2.45) is 0 Å². The summed E-state index contributed by atoms with van der Waals surface area (Å²) in [6.07, 6.45) is 3.70. The number of carbonyl (C=O) groups is 1. The molecule has 0 saturated carbocycles. The van der Waals surface area contributed by atoms with Crippen molar-refractivity contribution in [2.75, 3.05) is 26.3 Å². The number of fused-ring (bicyclic) bond motifs is 1. The summed E-state index contributed by atoms with van der Waals surface area (Å²) in [5.74, 6) is 0. The first kappa shape index (κ1) is 13.6. The van der Waals surface area contributed by atoms with Crippen LogP contribution in [0.3, 0.4) is 0 Å². The second-order valence-electron chi connectivity index (χ2n) is 6.04. The van der Waals surface area contributed by atoms with Crippen molar-refractivity contribution in [3.8, 4) is 0 Å². The van der Waals surface area contributed by atoms with E-state index in [1.54, 1.807) is 0 Å². The molecule has 116 valence electrons. The van der Waals surface area contributed by atoms with Gasteiger partial charge in [0.2, 0.25) is 0 Å². The van der Waals surface area contributed by atoms with Crippen LogP contribution in [0.1, 0.15) is 18.9 Å². The molecule has 0 atom stereocenters. The number of nitrogens with zero attached hydrogens (tertiary/aromatic N) is 3. The van der Waals surface area contributed by atoms with Gasteiger partial charge in [-0.3, -0.25) is 0 Å². The van der Waals surface area contributed by atoms with Gasteiger partial charge in [-0.2, -0.15) is 0 Å². The Morgan fingerprint density at radius 3 is 2.82 bits per heavy atom. The zero-order valence-electron chi connectivity index (χ0n) is 12.4. The fraction of sp³-hybridized carbons (Fsp3) is 0.500. The fourth-order valence-corrected chi connectivity index (χ4v) is 3.17. The minimum Gasteiger partial charge on any atom is -0.381 e. The fourth-order valence-electron chi connectivity index (χ4n) is 3.17. The maximum atomic E-state index is 12.2. The van der Waals surface area contributed by atoms with E-state index < -0.39 is 0 Å². The maximum absolute atomic E-state index is 12.2. The molecule has 6 nitrogen and oxygen atoms in total. The van der Waals surface area contributed by atoms with Crippen LogP contribution in [0.4, 0.5) is 4.79 Å². The van der Waals surface area contributed by atoms with Crippen LogP contribution >= 0.6 is 0 Å². The van der Waals surface area contributed by atoms with Crippen molar-refractivity contribution in [3.05, 3.63) is 30.6 Å². The van der Waals surface area contributed by atoms with Crippen LogP contribution in [0.15, 0.2) is 30.6 Å². The number of amides is 2. The Morgan fingerprint density at radius 2 is 2.00 bits per heavy atom. The van der Waals surface area contributed by atoms with Gasteiger partial charge in [-0.05, 0) is 25.0 Å². The van der Waals surface area contributed by atoms with Gasteiger partial charge in [0.05, 0.1) is 23.4 Å². The number of hydrogen-bond acceptors (Lipinski definition) is 3. The Hall–Kier alpha value is -2.08. The molecule has 0 radical (unpaired) electrons. The molecule has 0 spiro atoms. The summed E-state index contributed by atoms with van der Waals surface area (Å²) in [4.78, 5) is 18.5. The molecule has 2 aliphatic rings. The lowest BCUT2D eigenvalue weighted by Gasteiger charge is -2.41. The minimum absolute atomic E-state index is 0.0487. The quantitative estimate of drug-likeness (QED) is 0.919. The Labute approximate surface area is 129 Å². The number of imidazole rings is 1. The van der Waals surface area contributed by atoms with Crippen molar-refractivity contribution < 1.29 is 9.53 Å². The van der Waals surface area contributed by atoms with Crippen molar-refractivity contribution in [3.63, 3.8) is 0 Å². The summed E-state index contributed by atoms with van der Waals surface area (Å²) in [7, 11) is 0. The van der Waals surface area contributed by atoms with E-state index in [0.29, 0.717) is 6.04 Å². The van der Waals surface area contributed by atoms with Gasteiger partial charge in [-0.1, -0.05) is 12.1 Å². The second kappa shape index (κ2) is 5.61. The molecule has 0 unspecified atom stereocenters. The van der Waals surface area contributed by atoms with Crippen LogP contribution in [0.25, 0.3) is 11.0 Å². The number of ether oxygens (including phenoxy) is 1. The monoisotopic (exact) mass is 300 g/mol. The average Bonchev–Trinajstić information content (AvgIpc) is 2.91. The van der Waals surface area contributed by atoms with Crippen LogP contribution in [0, 0.1) is 0 Å². The van der Waals surface area contributed by atoms with E-state index in [4.69, 9.17) is 4.74 Å². The van der Waals surface area contributed by atoms with E-state index in [0.717, 1.165) is 50.2 Å². The lowest BCUT2D eigenvalue weighted by atomic mass is 10.1. The van der Waals surface area contributed by atoms with Gasteiger partial charge in [-0.25, -0.2) is 9.78 Å². The highest BCUT2D eigenvalue weighted by Crippen LogP contribution is 2.25. The number of benzene rings is 1. The molecule has 2 aromatic rings. The van der Waals surface area contributed by atoms with Crippen LogP contribution in [-0.2, 0) is 4.74 Å². The molecule has 4 rings (SSSR count). The minimum atomic E-state index is 0.0487. The number of aromatic nitrogens is 2. The van der Waals surface area contributed by atoms with E-state index in [2.05, 4.69) is 20.9 Å². The molecule has 2 amide bonds. The molecule has 6 heteroatoms. The largest absolute Gasteiger partial charge is 0.381 e. The molecule has 1 aromatic carbocycles. The molecular formula is C16H20N4O2. The number of hydrogen-bond donors (Lipinski definition) is 1. The maximum Gasteiger partial charge on any atom is 0.317 e. The molecular weight excluding hydrogens is 280 g/mol. The highest BCUT2D eigenvalue weighted by atomic mass is 16.5. The van der Waals surface area contributed by atoms with Crippen molar-refractivity contribution in [1.82, 2.24) is 19.8 Å². The number of carbonyl (C=O) groups excluding carboxylic acids is 1. The summed E-state index contributed by atoms with van der Waals surface area (Å²) in [5, 5.41) is 3.11. The summed E-state index contributed by atoms with van der Waals surface area (Å²) in [6, 6.07) is 8.74. The van der Waals surface area contributed by atoms with Crippen molar-refractivity contribution >= 4 is 17.1 Å². The highest BCUT2D eigenvalue weighted by molar-refractivity contribution is 5.77. The summed E-state index contributed by atoms with van der Waals surface area (Å²) in [6.45, 7) is 2.98. The lowest BCUT2D eigenvalue weighted by molar-refractivity contribution is 0.0733. The standard InChI is InChI=1S/C16H20N4O2/c21-16(18-12-5-7-22-8-6-12)19-9-13(10-19)20-11-17-14-3-1-2-4-15(14)20/h1-4,11-13H,5-10H2,(H,18,21). The van der Waals surface area contributed by atoms with Crippen LogP contribution in [0.5, 0.6) is 0 Å². The Kier molecular flexibility index (Phi) is 3.46. The third kappa shape index (κ3) is 2.43. The topological polar surface area (TPSA) is 59.4 Å².